The predicted octanol–water partition coefficient (Wildman–Crippen LogP) is 6.89. The van der Waals surface area contributed by atoms with Crippen molar-refractivity contribution in [3.8, 4) is 12.1 Å². The standard InChI is InChI=1S/C32H28F3N3O/c33-32(34,35)24-8-5-23(6-9-24)27-28(29(39)30-14-19-11-20(15-30)13-21(12-19)16-30)38-25-4-2-1-3-22(25)7-10-26(38)31(27,17-36)18-37/h1-10,19-21,26-28H,11-16H2/t19?,20?,21?,26-,27-,28-,30?/m1/s1. The lowest BCUT2D eigenvalue weighted by atomic mass is 9.47. The number of hydrogen-bond donors (Lipinski definition) is 0. The Morgan fingerprint density at radius 1 is 0.897 bits per heavy atom. The van der Waals surface area contributed by atoms with Gasteiger partial charge < -0.3 is 4.90 Å². The molecule has 0 radical (unpaired) electrons. The van der Waals surface area contributed by atoms with Crippen molar-refractivity contribution in [1.29, 1.82) is 10.5 Å². The third-order valence-electron chi connectivity index (χ3n) is 10.3. The molecule has 1 saturated heterocycles. The molecular weight excluding hydrogens is 499 g/mol. The third kappa shape index (κ3) is 3.38. The molecule has 0 aromatic heterocycles. The summed E-state index contributed by atoms with van der Waals surface area (Å²) in [6.45, 7) is 0. The Hall–Kier alpha value is -3.58. The lowest BCUT2D eigenvalue weighted by Crippen LogP contribution is -2.56. The van der Waals surface area contributed by atoms with Crippen LogP contribution >= 0.6 is 0 Å². The van der Waals surface area contributed by atoms with E-state index in [1.165, 1.54) is 12.1 Å². The largest absolute Gasteiger partial charge is 0.416 e. The van der Waals surface area contributed by atoms with Crippen LogP contribution in [0.15, 0.2) is 54.6 Å². The topological polar surface area (TPSA) is 67.9 Å². The van der Waals surface area contributed by atoms with Crippen molar-refractivity contribution in [3.05, 3.63) is 71.3 Å². The number of rotatable bonds is 3. The molecule has 5 fully saturated rings. The van der Waals surface area contributed by atoms with Crippen molar-refractivity contribution in [2.45, 2.75) is 62.7 Å². The second-order valence-corrected chi connectivity index (χ2v) is 12.5. The number of benzene rings is 2. The number of nitriles is 2. The highest BCUT2D eigenvalue weighted by molar-refractivity contribution is 5.97. The van der Waals surface area contributed by atoms with Gasteiger partial charge in [-0.15, -0.1) is 0 Å². The quantitative estimate of drug-likeness (QED) is 0.436. The maximum Gasteiger partial charge on any atom is 0.416 e. The fourth-order valence-corrected chi connectivity index (χ4v) is 9.21. The lowest BCUT2D eigenvalue weighted by Gasteiger charge is -2.57. The van der Waals surface area contributed by atoms with Gasteiger partial charge in [-0.1, -0.05) is 42.5 Å². The number of Topliss-reactive ketones (excluding diaryl/α,β-unsaturated/α-hetero) is 1. The molecular formula is C32H28F3N3O. The summed E-state index contributed by atoms with van der Waals surface area (Å²) in [5.41, 5.74) is -0.838. The first kappa shape index (κ1) is 24.5. The summed E-state index contributed by atoms with van der Waals surface area (Å²) in [6.07, 6.45) is 5.19. The van der Waals surface area contributed by atoms with Crippen molar-refractivity contribution in [2.24, 2.45) is 28.6 Å². The molecule has 4 saturated carbocycles. The smallest absolute Gasteiger partial charge is 0.351 e. The molecule has 2 aromatic rings. The molecule has 198 valence electrons. The number of anilines is 1. The van der Waals surface area contributed by atoms with Crippen LogP contribution in [-0.4, -0.2) is 17.9 Å². The monoisotopic (exact) mass is 527 g/mol. The second-order valence-electron chi connectivity index (χ2n) is 12.5. The van der Waals surface area contributed by atoms with Gasteiger partial charge in [0.1, 0.15) is 0 Å². The summed E-state index contributed by atoms with van der Waals surface area (Å²) in [6, 6.07) is 15.4. The van der Waals surface area contributed by atoms with Crippen LogP contribution in [0.3, 0.4) is 0 Å². The first-order chi connectivity index (χ1) is 18.7. The maximum absolute atomic E-state index is 15.0. The normalized spacial score (nSPS) is 35.2. The van der Waals surface area contributed by atoms with E-state index in [-0.39, 0.29) is 5.78 Å². The minimum atomic E-state index is -4.51. The average Bonchev–Trinajstić information content (AvgIpc) is 3.22. The molecule has 0 unspecified atom stereocenters. The lowest BCUT2D eigenvalue weighted by molar-refractivity contribution is -0.145. The molecule has 2 heterocycles. The van der Waals surface area contributed by atoms with E-state index in [0.29, 0.717) is 23.3 Å². The van der Waals surface area contributed by atoms with E-state index in [9.17, 15) is 23.7 Å². The number of nitrogens with zero attached hydrogens (tertiary/aromatic N) is 3. The third-order valence-corrected chi connectivity index (χ3v) is 10.3. The van der Waals surface area contributed by atoms with E-state index in [0.717, 1.165) is 61.9 Å². The van der Waals surface area contributed by atoms with Crippen LogP contribution in [0.5, 0.6) is 0 Å². The van der Waals surface area contributed by atoms with Crippen LogP contribution in [0.2, 0.25) is 0 Å². The molecule has 0 N–H and O–H groups in total. The van der Waals surface area contributed by atoms with Gasteiger partial charge in [-0.3, -0.25) is 4.79 Å². The SMILES string of the molecule is N#CC1(C#N)[C@H](c2ccc(C(F)(F)F)cc2)[C@H](C(=O)C23CC4CC(CC(C4)C2)C3)N2c3ccccc3C=C[C@@H]21. The van der Waals surface area contributed by atoms with Crippen LogP contribution in [0, 0.1) is 51.2 Å². The Morgan fingerprint density at radius 3 is 2.05 bits per heavy atom. The molecule has 6 aliphatic rings. The van der Waals surface area contributed by atoms with Gasteiger partial charge in [0, 0.05) is 17.0 Å². The van der Waals surface area contributed by atoms with E-state index in [1.807, 2.05) is 41.3 Å². The molecule has 4 aliphatic carbocycles. The van der Waals surface area contributed by atoms with E-state index < -0.39 is 40.6 Å². The van der Waals surface area contributed by atoms with Crippen molar-refractivity contribution in [2.75, 3.05) is 4.90 Å². The molecule has 3 atom stereocenters. The first-order valence-electron chi connectivity index (χ1n) is 13.8. The molecule has 0 spiro atoms. The number of alkyl halides is 3. The van der Waals surface area contributed by atoms with Crippen molar-refractivity contribution < 1.29 is 18.0 Å². The van der Waals surface area contributed by atoms with E-state index >= 15 is 4.79 Å². The fraction of sp³-hybridized carbons (Fsp3) is 0.469. The Kier molecular flexibility index (Phi) is 5.15. The molecule has 8 rings (SSSR count). The average molecular weight is 528 g/mol. The highest BCUT2D eigenvalue weighted by Crippen LogP contribution is 2.63. The van der Waals surface area contributed by atoms with Crippen molar-refractivity contribution >= 4 is 17.5 Å². The second kappa shape index (κ2) is 8.21. The van der Waals surface area contributed by atoms with Crippen LogP contribution in [0.25, 0.3) is 6.08 Å². The highest BCUT2D eigenvalue weighted by Gasteiger charge is 2.67. The molecule has 4 nitrogen and oxygen atoms in total. The summed E-state index contributed by atoms with van der Waals surface area (Å²) in [5, 5.41) is 21.3. The van der Waals surface area contributed by atoms with Crippen LogP contribution in [0.4, 0.5) is 18.9 Å². The van der Waals surface area contributed by atoms with E-state index in [1.54, 1.807) is 0 Å². The number of carbonyl (C=O) groups excluding carboxylic acids is 1. The number of carbonyl (C=O) groups is 1. The predicted molar refractivity (Wildman–Crippen MR) is 139 cm³/mol. The molecule has 7 heteroatoms. The number of para-hydroxylation sites is 1. The highest BCUT2D eigenvalue weighted by atomic mass is 19.4. The maximum atomic E-state index is 15.0. The summed E-state index contributed by atoms with van der Waals surface area (Å²) < 4.78 is 40.3. The fourth-order valence-electron chi connectivity index (χ4n) is 9.21. The number of fused-ring (bicyclic) bond motifs is 3. The Labute approximate surface area is 225 Å². The molecule has 0 amide bonds. The number of ketones is 1. The Bertz CT molecular complexity index is 1410. The van der Waals surface area contributed by atoms with E-state index in [4.69, 9.17) is 0 Å². The van der Waals surface area contributed by atoms with Gasteiger partial charge in [-0.25, -0.2) is 0 Å². The molecule has 2 aromatic carbocycles. The minimum Gasteiger partial charge on any atom is -0.351 e. The van der Waals surface area contributed by atoms with Crippen LogP contribution < -0.4 is 4.90 Å². The van der Waals surface area contributed by atoms with Crippen LogP contribution in [-0.2, 0) is 11.0 Å². The first-order valence-corrected chi connectivity index (χ1v) is 13.8. The van der Waals surface area contributed by atoms with Crippen LogP contribution in [0.1, 0.15) is 61.1 Å². The van der Waals surface area contributed by atoms with Crippen molar-refractivity contribution in [3.63, 3.8) is 0 Å². The van der Waals surface area contributed by atoms with Gasteiger partial charge in [0.2, 0.25) is 0 Å². The minimum absolute atomic E-state index is 0.0639. The number of hydrogen-bond acceptors (Lipinski definition) is 4. The van der Waals surface area contributed by atoms with Gasteiger partial charge in [-0.2, -0.15) is 23.7 Å². The Morgan fingerprint density at radius 2 is 1.49 bits per heavy atom. The van der Waals surface area contributed by atoms with Crippen molar-refractivity contribution in [1.82, 2.24) is 0 Å². The van der Waals surface area contributed by atoms with Gasteiger partial charge >= 0.3 is 6.18 Å². The zero-order valence-corrected chi connectivity index (χ0v) is 21.4. The molecule has 2 aliphatic heterocycles. The zero-order chi connectivity index (χ0) is 27.2. The molecule has 4 bridgehead atoms. The zero-order valence-electron chi connectivity index (χ0n) is 21.4. The summed E-state index contributed by atoms with van der Waals surface area (Å²) in [5.74, 6) is 0.733. The number of halogens is 3. The van der Waals surface area contributed by atoms with Gasteiger partial charge in [0.05, 0.1) is 29.8 Å². The Balaban J connectivity index is 1.42. The van der Waals surface area contributed by atoms with Gasteiger partial charge in [0.25, 0.3) is 0 Å². The molecule has 39 heavy (non-hydrogen) atoms. The summed E-state index contributed by atoms with van der Waals surface area (Å²) >= 11 is 0. The van der Waals surface area contributed by atoms with Gasteiger partial charge in [-0.05, 0) is 85.6 Å². The van der Waals surface area contributed by atoms with Gasteiger partial charge in [0.15, 0.2) is 11.2 Å². The van der Waals surface area contributed by atoms with E-state index in [2.05, 4.69) is 12.1 Å². The summed E-state index contributed by atoms with van der Waals surface area (Å²) in [4.78, 5) is 17.0. The summed E-state index contributed by atoms with van der Waals surface area (Å²) in [7, 11) is 0.